The maximum atomic E-state index is 11.6. The van der Waals surface area contributed by atoms with Crippen molar-refractivity contribution in [3.8, 4) is 11.6 Å². The minimum Gasteiger partial charge on any atom is -0.494 e. The van der Waals surface area contributed by atoms with Crippen LogP contribution in [0.25, 0.3) is 5.69 Å². The predicted octanol–water partition coefficient (Wildman–Crippen LogP) is 0.848. The van der Waals surface area contributed by atoms with Gasteiger partial charge in [-0.25, -0.2) is 9.36 Å². The summed E-state index contributed by atoms with van der Waals surface area (Å²) in [4.78, 5) is 24.7. The van der Waals surface area contributed by atoms with Crippen molar-refractivity contribution in [1.29, 1.82) is 0 Å². The second-order valence-corrected chi connectivity index (χ2v) is 3.90. The van der Waals surface area contributed by atoms with Gasteiger partial charge >= 0.3 is 5.69 Å². The highest BCUT2D eigenvalue weighted by Crippen LogP contribution is 2.15. The molecule has 0 aliphatic carbocycles. The lowest BCUT2D eigenvalue weighted by atomic mass is 10.1. The van der Waals surface area contributed by atoms with E-state index in [0.717, 1.165) is 21.8 Å². The lowest BCUT2D eigenvalue weighted by molar-refractivity contribution is 0.431. The molecule has 1 aromatic heterocycles. The van der Waals surface area contributed by atoms with Crippen LogP contribution in [0.5, 0.6) is 5.88 Å². The molecular weight excluding hydrogens is 220 g/mol. The van der Waals surface area contributed by atoms with Gasteiger partial charge in [-0.05, 0) is 37.1 Å². The smallest absolute Gasteiger partial charge is 0.335 e. The molecule has 0 radical (unpaired) electrons. The fourth-order valence-corrected chi connectivity index (χ4v) is 1.60. The van der Waals surface area contributed by atoms with E-state index in [-0.39, 0.29) is 5.88 Å². The predicted molar refractivity (Wildman–Crippen MR) is 63.8 cm³/mol. The minimum absolute atomic E-state index is 0.373. The first kappa shape index (κ1) is 11.2. The first-order chi connectivity index (χ1) is 7.99. The van der Waals surface area contributed by atoms with E-state index in [2.05, 4.69) is 4.98 Å². The Hall–Kier alpha value is -2.30. The zero-order valence-electron chi connectivity index (χ0n) is 9.52. The molecular formula is C12H12N2O3. The molecule has 1 heterocycles. The molecule has 0 saturated carbocycles. The summed E-state index contributed by atoms with van der Waals surface area (Å²) in [6.45, 7) is 3.86. The van der Waals surface area contributed by atoms with Gasteiger partial charge < -0.3 is 5.11 Å². The van der Waals surface area contributed by atoms with Crippen LogP contribution in [0.15, 0.2) is 33.9 Å². The van der Waals surface area contributed by atoms with Crippen LogP contribution >= 0.6 is 0 Å². The number of H-pyrrole nitrogens is 1. The first-order valence-electron chi connectivity index (χ1n) is 5.12. The van der Waals surface area contributed by atoms with E-state index in [1.165, 1.54) is 0 Å². The zero-order chi connectivity index (χ0) is 12.6. The lowest BCUT2D eigenvalue weighted by Crippen LogP contribution is -2.27. The van der Waals surface area contributed by atoms with E-state index < -0.39 is 11.2 Å². The maximum Gasteiger partial charge on any atom is 0.335 e. The number of aromatic amines is 1. The van der Waals surface area contributed by atoms with Gasteiger partial charge in [-0.3, -0.25) is 9.78 Å². The largest absolute Gasteiger partial charge is 0.494 e. The van der Waals surface area contributed by atoms with Gasteiger partial charge in [0.25, 0.3) is 5.56 Å². The third-order valence-electron chi connectivity index (χ3n) is 2.67. The fourth-order valence-electron chi connectivity index (χ4n) is 1.60. The molecule has 0 aliphatic heterocycles. The van der Waals surface area contributed by atoms with Crippen LogP contribution in [0.4, 0.5) is 0 Å². The molecule has 88 valence electrons. The van der Waals surface area contributed by atoms with E-state index >= 15 is 0 Å². The quantitative estimate of drug-likeness (QED) is 0.765. The van der Waals surface area contributed by atoms with Crippen LogP contribution in [0.2, 0.25) is 0 Å². The van der Waals surface area contributed by atoms with Crippen LogP contribution in [0, 0.1) is 13.8 Å². The molecule has 5 heteroatoms. The molecule has 2 aromatic rings. The maximum absolute atomic E-state index is 11.6. The normalized spacial score (nSPS) is 10.5. The number of hydrogen-bond donors (Lipinski definition) is 2. The Kier molecular flexibility index (Phi) is 2.59. The number of nitrogens with zero attached hydrogens (tertiary/aromatic N) is 1. The molecule has 5 nitrogen and oxygen atoms in total. The van der Waals surface area contributed by atoms with E-state index in [1.54, 1.807) is 12.1 Å². The Morgan fingerprint density at radius 3 is 2.41 bits per heavy atom. The van der Waals surface area contributed by atoms with Crippen LogP contribution in [-0.2, 0) is 0 Å². The first-order valence-corrected chi connectivity index (χ1v) is 5.12. The summed E-state index contributed by atoms with van der Waals surface area (Å²) >= 11 is 0. The SMILES string of the molecule is Cc1ccc(-n2c(O)cc(=O)[nH]c2=O)cc1C. The highest BCUT2D eigenvalue weighted by molar-refractivity contribution is 5.41. The summed E-state index contributed by atoms with van der Waals surface area (Å²) in [7, 11) is 0. The number of rotatable bonds is 1. The summed E-state index contributed by atoms with van der Waals surface area (Å²) in [5.41, 5.74) is 1.34. The Morgan fingerprint density at radius 2 is 1.82 bits per heavy atom. The number of nitrogens with one attached hydrogen (secondary N) is 1. The van der Waals surface area contributed by atoms with E-state index in [1.807, 2.05) is 19.9 Å². The third kappa shape index (κ3) is 1.99. The number of benzene rings is 1. The van der Waals surface area contributed by atoms with Crippen molar-refractivity contribution >= 4 is 0 Å². The van der Waals surface area contributed by atoms with Crippen LogP contribution in [0.3, 0.4) is 0 Å². The van der Waals surface area contributed by atoms with Crippen molar-refractivity contribution < 1.29 is 5.11 Å². The Morgan fingerprint density at radius 1 is 1.12 bits per heavy atom. The molecule has 1 aromatic carbocycles. The van der Waals surface area contributed by atoms with E-state index in [4.69, 9.17) is 0 Å². The fraction of sp³-hybridized carbons (Fsp3) is 0.167. The van der Waals surface area contributed by atoms with Crippen molar-refractivity contribution in [3.63, 3.8) is 0 Å². The standard InChI is InChI=1S/C12H12N2O3/c1-7-3-4-9(5-8(7)2)14-11(16)6-10(15)13-12(14)17/h3-6,16H,1-2H3,(H,13,15,17). The molecule has 0 unspecified atom stereocenters. The third-order valence-corrected chi connectivity index (χ3v) is 2.67. The molecule has 0 atom stereocenters. The molecule has 2 rings (SSSR count). The highest BCUT2D eigenvalue weighted by atomic mass is 16.3. The van der Waals surface area contributed by atoms with Gasteiger partial charge in [-0.1, -0.05) is 6.07 Å². The van der Waals surface area contributed by atoms with Gasteiger partial charge in [-0.15, -0.1) is 0 Å². The molecule has 0 amide bonds. The van der Waals surface area contributed by atoms with E-state index in [9.17, 15) is 14.7 Å². The van der Waals surface area contributed by atoms with Crippen LogP contribution in [0.1, 0.15) is 11.1 Å². The van der Waals surface area contributed by atoms with Gasteiger partial charge in [0.2, 0.25) is 5.88 Å². The summed E-state index contributed by atoms with van der Waals surface area (Å²) in [6.07, 6.45) is 0. The minimum atomic E-state index is -0.654. The van der Waals surface area contributed by atoms with Crippen molar-refractivity contribution in [3.05, 3.63) is 56.2 Å². The topological polar surface area (TPSA) is 75.1 Å². The summed E-state index contributed by atoms with van der Waals surface area (Å²) < 4.78 is 1.05. The van der Waals surface area contributed by atoms with Gasteiger partial charge in [0.05, 0.1) is 11.8 Å². The second kappa shape index (κ2) is 3.93. The molecule has 0 spiro atoms. The van der Waals surface area contributed by atoms with Crippen LogP contribution < -0.4 is 11.2 Å². The number of aromatic nitrogens is 2. The Labute approximate surface area is 97.0 Å². The molecule has 0 saturated heterocycles. The van der Waals surface area contributed by atoms with Crippen molar-refractivity contribution in [2.75, 3.05) is 0 Å². The average Bonchev–Trinajstić information content (AvgIpc) is 2.21. The number of aromatic hydroxyl groups is 1. The van der Waals surface area contributed by atoms with Gasteiger partial charge in [0.1, 0.15) is 0 Å². The summed E-state index contributed by atoms with van der Waals surface area (Å²) in [5, 5.41) is 9.63. The van der Waals surface area contributed by atoms with E-state index in [0.29, 0.717) is 5.69 Å². The Balaban J connectivity index is 2.73. The van der Waals surface area contributed by atoms with Gasteiger partial charge in [-0.2, -0.15) is 0 Å². The Bertz CT molecular complexity index is 683. The lowest BCUT2D eigenvalue weighted by Gasteiger charge is -2.09. The molecule has 17 heavy (non-hydrogen) atoms. The summed E-state index contributed by atoms with van der Waals surface area (Å²) in [5.74, 6) is -0.373. The molecule has 0 fully saturated rings. The molecule has 0 bridgehead atoms. The van der Waals surface area contributed by atoms with Crippen LogP contribution in [-0.4, -0.2) is 14.7 Å². The van der Waals surface area contributed by atoms with Gasteiger partial charge in [0, 0.05) is 0 Å². The van der Waals surface area contributed by atoms with Crippen molar-refractivity contribution in [2.45, 2.75) is 13.8 Å². The second-order valence-electron chi connectivity index (χ2n) is 3.90. The zero-order valence-corrected chi connectivity index (χ0v) is 9.52. The average molecular weight is 232 g/mol. The van der Waals surface area contributed by atoms with Crippen molar-refractivity contribution in [2.24, 2.45) is 0 Å². The summed E-state index contributed by atoms with van der Waals surface area (Å²) in [6, 6.07) is 6.30. The number of aryl methyl sites for hydroxylation is 2. The monoisotopic (exact) mass is 232 g/mol. The molecule has 0 aliphatic rings. The number of hydrogen-bond acceptors (Lipinski definition) is 3. The molecule has 2 N–H and O–H groups in total. The highest BCUT2D eigenvalue weighted by Gasteiger charge is 2.07. The van der Waals surface area contributed by atoms with Gasteiger partial charge in [0.15, 0.2) is 0 Å². The van der Waals surface area contributed by atoms with Crippen molar-refractivity contribution in [1.82, 2.24) is 9.55 Å².